The van der Waals surface area contributed by atoms with E-state index >= 15 is 0 Å². The highest BCUT2D eigenvalue weighted by atomic mass is 19.4. The summed E-state index contributed by atoms with van der Waals surface area (Å²) in [6.07, 6.45) is -2.49. The van der Waals surface area contributed by atoms with E-state index in [1.807, 2.05) is 0 Å². The smallest absolute Gasteiger partial charge is 0.366 e. The zero-order valence-corrected chi connectivity index (χ0v) is 11.6. The van der Waals surface area contributed by atoms with Gasteiger partial charge >= 0.3 is 6.18 Å². The van der Waals surface area contributed by atoms with Gasteiger partial charge in [-0.05, 0) is 33.6 Å². The first-order chi connectivity index (χ1) is 8.59. The van der Waals surface area contributed by atoms with Crippen LogP contribution in [0.4, 0.5) is 13.2 Å². The van der Waals surface area contributed by atoms with Crippen molar-refractivity contribution in [2.75, 3.05) is 6.61 Å². The lowest BCUT2D eigenvalue weighted by molar-refractivity contribution is -0.189. The SMILES string of the molecule is CC(C)(C)OCC(=O)NC1CCCCC1C(F)(F)F. The van der Waals surface area contributed by atoms with Crippen molar-refractivity contribution in [3.63, 3.8) is 0 Å². The molecule has 0 aromatic rings. The fourth-order valence-corrected chi connectivity index (χ4v) is 2.23. The van der Waals surface area contributed by atoms with Gasteiger partial charge in [0, 0.05) is 6.04 Å². The van der Waals surface area contributed by atoms with Gasteiger partial charge < -0.3 is 10.1 Å². The molecule has 6 heteroatoms. The van der Waals surface area contributed by atoms with Crippen LogP contribution in [0.25, 0.3) is 0 Å². The van der Waals surface area contributed by atoms with E-state index < -0.39 is 29.6 Å². The van der Waals surface area contributed by atoms with Crippen LogP contribution in [0, 0.1) is 5.92 Å². The van der Waals surface area contributed by atoms with E-state index in [0.717, 1.165) is 6.42 Å². The molecule has 0 aromatic carbocycles. The largest absolute Gasteiger partial charge is 0.393 e. The second-order valence-corrected chi connectivity index (χ2v) is 6.01. The van der Waals surface area contributed by atoms with Crippen LogP contribution < -0.4 is 5.32 Å². The Balaban J connectivity index is 2.51. The zero-order chi connectivity index (χ0) is 14.7. The maximum Gasteiger partial charge on any atom is 0.393 e. The highest BCUT2D eigenvalue weighted by Gasteiger charge is 2.45. The van der Waals surface area contributed by atoms with E-state index in [0.29, 0.717) is 12.8 Å². The minimum atomic E-state index is -4.25. The lowest BCUT2D eigenvalue weighted by atomic mass is 9.84. The number of hydrogen-bond acceptors (Lipinski definition) is 2. The molecule has 1 aliphatic carbocycles. The highest BCUT2D eigenvalue weighted by molar-refractivity contribution is 5.77. The Morgan fingerprint density at radius 3 is 2.32 bits per heavy atom. The Morgan fingerprint density at radius 1 is 1.21 bits per heavy atom. The van der Waals surface area contributed by atoms with Crippen LogP contribution in [-0.4, -0.2) is 30.3 Å². The van der Waals surface area contributed by atoms with Crippen molar-refractivity contribution in [3.05, 3.63) is 0 Å². The standard InChI is InChI=1S/C13H22F3NO2/c1-12(2,3)19-8-11(18)17-10-7-5-4-6-9(10)13(14,15)16/h9-10H,4-8H2,1-3H3,(H,17,18). The van der Waals surface area contributed by atoms with Crippen LogP contribution in [0.15, 0.2) is 0 Å². The second-order valence-electron chi connectivity index (χ2n) is 6.01. The Hall–Kier alpha value is -0.780. The van der Waals surface area contributed by atoms with Gasteiger partial charge in [0.1, 0.15) is 6.61 Å². The molecule has 112 valence electrons. The molecule has 1 amide bonds. The molecule has 0 radical (unpaired) electrons. The van der Waals surface area contributed by atoms with Crippen LogP contribution in [0.2, 0.25) is 0 Å². The second kappa shape index (κ2) is 6.11. The lowest BCUT2D eigenvalue weighted by Gasteiger charge is -2.33. The van der Waals surface area contributed by atoms with Crippen LogP contribution in [-0.2, 0) is 9.53 Å². The predicted molar refractivity (Wildman–Crippen MR) is 65.6 cm³/mol. The number of halogens is 3. The predicted octanol–water partition coefficient (Wildman–Crippen LogP) is 3.04. The molecule has 2 atom stereocenters. The van der Waals surface area contributed by atoms with Gasteiger partial charge in [0.05, 0.1) is 11.5 Å². The van der Waals surface area contributed by atoms with Gasteiger partial charge in [0.2, 0.25) is 5.91 Å². The minimum Gasteiger partial charge on any atom is -0.366 e. The van der Waals surface area contributed by atoms with E-state index in [2.05, 4.69) is 5.32 Å². The third-order valence-electron chi connectivity index (χ3n) is 3.17. The summed E-state index contributed by atoms with van der Waals surface area (Å²) in [7, 11) is 0. The quantitative estimate of drug-likeness (QED) is 0.863. The summed E-state index contributed by atoms with van der Waals surface area (Å²) in [6.45, 7) is 5.17. The van der Waals surface area contributed by atoms with Gasteiger partial charge in [-0.1, -0.05) is 12.8 Å². The number of carbonyl (C=O) groups is 1. The van der Waals surface area contributed by atoms with Crippen molar-refractivity contribution in [2.45, 2.75) is 64.3 Å². The summed E-state index contributed by atoms with van der Waals surface area (Å²) >= 11 is 0. The van der Waals surface area contributed by atoms with Crippen molar-refractivity contribution >= 4 is 5.91 Å². The lowest BCUT2D eigenvalue weighted by Crippen LogP contribution is -2.49. The van der Waals surface area contributed by atoms with Crippen molar-refractivity contribution in [3.8, 4) is 0 Å². The monoisotopic (exact) mass is 281 g/mol. The molecular formula is C13H22F3NO2. The van der Waals surface area contributed by atoms with Crippen molar-refractivity contribution in [1.82, 2.24) is 5.32 Å². The van der Waals surface area contributed by atoms with Gasteiger partial charge in [-0.3, -0.25) is 4.79 Å². The van der Waals surface area contributed by atoms with E-state index in [1.165, 1.54) is 0 Å². The maximum atomic E-state index is 12.8. The Labute approximate surface area is 111 Å². The zero-order valence-electron chi connectivity index (χ0n) is 11.6. The molecule has 1 N–H and O–H groups in total. The Morgan fingerprint density at radius 2 is 1.79 bits per heavy atom. The number of nitrogens with one attached hydrogen (secondary N) is 1. The summed E-state index contributed by atoms with van der Waals surface area (Å²) in [5.41, 5.74) is -0.479. The van der Waals surface area contributed by atoms with Gasteiger partial charge in [0.25, 0.3) is 0 Å². The van der Waals surface area contributed by atoms with Gasteiger partial charge in [-0.15, -0.1) is 0 Å². The molecular weight excluding hydrogens is 259 g/mol. The molecule has 1 saturated carbocycles. The Kier molecular flexibility index (Phi) is 5.24. The van der Waals surface area contributed by atoms with Gasteiger partial charge in [-0.2, -0.15) is 13.2 Å². The number of hydrogen-bond donors (Lipinski definition) is 1. The van der Waals surface area contributed by atoms with Gasteiger partial charge in [-0.25, -0.2) is 0 Å². The van der Waals surface area contributed by atoms with Gasteiger partial charge in [0.15, 0.2) is 0 Å². The average Bonchev–Trinajstić information content (AvgIpc) is 2.25. The number of ether oxygens (including phenoxy) is 1. The number of carbonyl (C=O) groups excluding carboxylic acids is 1. The molecule has 1 aliphatic rings. The number of alkyl halides is 3. The van der Waals surface area contributed by atoms with Crippen molar-refractivity contribution < 1.29 is 22.7 Å². The molecule has 3 nitrogen and oxygen atoms in total. The highest BCUT2D eigenvalue weighted by Crippen LogP contribution is 2.37. The normalized spacial score (nSPS) is 25.2. The third-order valence-corrected chi connectivity index (χ3v) is 3.17. The van der Waals surface area contributed by atoms with Crippen LogP contribution in [0.5, 0.6) is 0 Å². The molecule has 0 heterocycles. The molecule has 1 fully saturated rings. The molecule has 0 saturated heterocycles. The minimum absolute atomic E-state index is 0.0918. The van der Waals surface area contributed by atoms with Crippen LogP contribution in [0.1, 0.15) is 46.5 Å². The Bertz CT molecular complexity index is 310. The molecule has 2 unspecified atom stereocenters. The molecule has 1 rings (SSSR count). The topological polar surface area (TPSA) is 38.3 Å². The number of rotatable bonds is 3. The molecule has 19 heavy (non-hydrogen) atoms. The summed E-state index contributed by atoms with van der Waals surface area (Å²) in [5.74, 6) is -1.91. The van der Waals surface area contributed by atoms with Crippen molar-refractivity contribution in [2.24, 2.45) is 5.92 Å². The van der Waals surface area contributed by atoms with E-state index in [1.54, 1.807) is 20.8 Å². The molecule has 0 aliphatic heterocycles. The van der Waals surface area contributed by atoms with E-state index in [4.69, 9.17) is 4.74 Å². The van der Waals surface area contributed by atoms with E-state index in [9.17, 15) is 18.0 Å². The van der Waals surface area contributed by atoms with Crippen LogP contribution >= 0.6 is 0 Å². The van der Waals surface area contributed by atoms with E-state index in [-0.39, 0.29) is 13.0 Å². The first-order valence-corrected chi connectivity index (χ1v) is 6.59. The fourth-order valence-electron chi connectivity index (χ4n) is 2.23. The fraction of sp³-hybridized carbons (Fsp3) is 0.923. The molecule has 0 bridgehead atoms. The first kappa shape index (κ1) is 16.3. The molecule has 0 spiro atoms. The summed E-state index contributed by atoms with van der Waals surface area (Å²) in [5, 5.41) is 2.46. The molecule has 0 aromatic heterocycles. The van der Waals surface area contributed by atoms with Crippen LogP contribution in [0.3, 0.4) is 0 Å². The average molecular weight is 281 g/mol. The third kappa shape index (κ3) is 5.80. The summed E-state index contributed by atoms with van der Waals surface area (Å²) < 4.78 is 43.8. The summed E-state index contributed by atoms with van der Waals surface area (Å²) in [6, 6.07) is -0.815. The maximum absolute atomic E-state index is 12.8. The number of amides is 1. The van der Waals surface area contributed by atoms with Crippen molar-refractivity contribution in [1.29, 1.82) is 0 Å². The first-order valence-electron chi connectivity index (χ1n) is 6.59. The summed E-state index contributed by atoms with van der Waals surface area (Å²) in [4.78, 5) is 11.6.